The molecule has 0 saturated carbocycles. The molecule has 72 valence electrons. The molecule has 0 fully saturated rings. The summed E-state index contributed by atoms with van der Waals surface area (Å²) in [5, 5.41) is 0. The predicted molar refractivity (Wildman–Crippen MR) is 49.5 cm³/mol. The van der Waals surface area contributed by atoms with E-state index < -0.39 is 15.0 Å². The van der Waals surface area contributed by atoms with Crippen LogP contribution in [0.15, 0.2) is 17.0 Å². The van der Waals surface area contributed by atoms with E-state index in [1.165, 1.54) is 6.07 Å². The lowest BCUT2D eigenvalue weighted by Crippen LogP contribution is -2.07. The Morgan fingerprint density at radius 2 is 1.69 bits per heavy atom. The van der Waals surface area contributed by atoms with Crippen LogP contribution in [0.1, 0.15) is 0 Å². The molecule has 0 unspecified atom stereocenters. The Morgan fingerprint density at radius 3 is 2.15 bits per heavy atom. The van der Waals surface area contributed by atoms with Crippen LogP contribution < -0.4 is 17.2 Å². The zero-order valence-electron chi connectivity index (χ0n) is 6.56. The van der Waals surface area contributed by atoms with Crippen LogP contribution >= 0.6 is 0 Å². The third-order valence-electron chi connectivity index (χ3n) is 1.47. The van der Waals surface area contributed by atoms with Gasteiger partial charge in [0.05, 0.1) is 11.4 Å². The van der Waals surface area contributed by atoms with E-state index >= 15 is 0 Å². The second-order valence-electron chi connectivity index (χ2n) is 2.50. The van der Waals surface area contributed by atoms with Crippen molar-refractivity contribution in [2.45, 2.75) is 4.90 Å². The zero-order valence-corrected chi connectivity index (χ0v) is 7.38. The Labute approximate surface area is 75.1 Å². The lowest BCUT2D eigenvalue weighted by Gasteiger charge is -2.06. The van der Waals surface area contributed by atoms with Gasteiger partial charge < -0.3 is 17.2 Å². The molecule has 0 aromatic heterocycles. The molecule has 0 radical (unpaired) electrons. The molecule has 0 bridgehead atoms. The second kappa shape index (κ2) is 2.79. The second-order valence-corrected chi connectivity index (χ2v) is 3.89. The van der Waals surface area contributed by atoms with Crippen LogP contribution in [-0.2, 0) is 10.1 Å². The van der Waals surface area contributed by atoms with E-state index in [0.717, 1.165) is 6.07 Å². The molecule has 0 saturated heterocycles. The van der Waals surface area contributed by atoms with Gasteiger partial charge in [-0.3, -0.25) is 4.55 Å². The van der Waals surface area contributed by atoms with Crippen molar-refractivity contribution in [2.24, 2.45) is 0 Å². The molecule has 6 nitrogen and oxygen atoms in total. The minimum atomic E-state index is -4.36. The number of rotatable bonds is 1. The average Bonchev–Trinajstić information content (AvgIpc) is 1.94. The predicted octanol–water partition coefficient (Wildman–Crippen LogP) is -0.320. The highest BCUT2D eigenvalue weighted by atomic mass is 32.2. The Balaban J connectivity index is 3.56. The van der Waals surface area contributed by atoms with E-state index in [1.54, 1.807) is 0 Å². The van der Waals surface area contributed by atoms with Crippen LogP contribution in [0.5, 0.6) is 0 Å². The van der Waals surface area contributed by atoms with Crippen LogP contribution in [0.25, 0.3) is 0 Å². The van der Waals surface area contributed by atoms with Crippen molar-refractivity contribution in [1.29, 1.82) is 0 Å². The number of nitrogen functional groups attached to an aromatic ring is 3. The van der Waals surface area contributed by atoms with Gasteiger partial charge in [-0.15, -0.1) is 0 Å². The maximum absolute atomic E-state index is 10.7. The summed E-state index contributed by atoms with van der Waals surface area (Å²) in [4.78, 5) is -0.468. The molecule has 0 heterocycles. The molecular formula is C6H9N3O3S. The lowest BCUT2D eigenvalue weighted by molar-refractivity contribution is 0.483. The van der Waals surface area contributed by atoms with Gasteiger partial charge in [-0.1, -0.05) is 0 Å². The molecule has 7 N–H and O–H groups in total. The fraction of sp³-hybridized carbons (Fsp3) is 0. The molecule has 1 aromatic carbocycles. The maximum atomic E-state index is 10.7. The van der Waals surface area contributed by atoms with E-state index in [9.17, 15) is 8.42 Å². The summed E-state index contributed by atoms with van der Waals surface area (Å²) in [6, 6.07) is 2.35. The maximum Gasteiger partial charge on any atom is 0.296 e. The van der Waals surface area contributed by atoms with Gasteiger partial charge in [0.15, 0.2) is 0 Å². The monoisotopic (exact) mass is 203 g/mol. The standard InChI is InChI=1S/C6H9N3O3S/c7-3-1-4(8)6(9)5(2-3)13(10,11)12/h1-2H,7-9H2,(H,10,11,12). The highest BCUT2D eigenvalue weighted by Crippen LogP contribution is 2.27. The van der Waals surface area contributed by atoms with Crippen LogP contribution in [-0.4, -0.2) is 13.0 Å². The Kier molecular flexibility index (Phi) is 2.06. The number of hydrogen-bond acceptors (Lipinski definition) is 5. The van der Waals surface area contributed by atoms with E-state index in [4.69, 9.17) is 21.8 Å². The summed E-state index contributed by atoms with van der Waals surface area (Å²) < 4.78 is 30.1. The number of benzene rings is 1. The Morgan fingerprint density at radius 1 is 1.15 bits per heavy atom. The smallest absolute Gasteiger partial charge is 0.296 e. The summed E-state index contributed by atoms with van der Waals surface area (Å²) in [7, 11) is -4.36. The van der Waals surface area contributed by atoms with Crippen molar-refractivity contribution in [3.8, 4) is 0 Å². The Bertz CT molecular complexity index is 441. The van der Waals surface area contributed by atoms with E-state index in [2.05, 4.69) is 0 Å². The van der Waals surface area contributed by atoms with Crippen molar-refractivity contribution >= 4 is 27.2 Å². The van der Waals surface area contributed by atoms with Gasteiger partial charge in [0.2, 0.25) is 0 Å². The molecule has 0 aliphatic rings. The van der Waals surface area contributed by atoms with Gasteiger partial charge in [0.25, 0.3) is 10.1 Å². The molecule has 0 atom stereocenters. The molecule has 0 aliphatic heterocycles. The number of hydrogen-bond donors (Lipinski definition) is 4. The van der Waals surface area contributed by atoms with Crippen molar-refractivity contribution in [1.82, 2.24) is 0 Å². The van der Waals surface area contributed by atoms with Gasteiger partial charge in [-0.05, 0) is 12.1 Å². The number of nitrogens with two attached hydrogens (primary N) is 3. The van der Waals surface area contributed by atoms with Gasteiger partial charge in [-0.2, -0.15) is 8.42 Å². The quantitative estimate of drug-likeness (QED) is 0.365. The first-order chi connectivity index (χ1) is 5.82. The third-order valence-corrected chi connectivity index (χ3v) is 2.37. The van der Waals surface area contributed by atoms with E-state index in [0.29, 0.717) is 0 Å². The molecular weight excluding hydrogens is 194 g/mol. The lowest BCUT2D eigenvalue weighted by atomic mass is 10.2. The summed E-state index contributed by atoms with van der Waals surface area (Å²) in [5.74, 6) is 0. The molecule has 1 aromatic rings. The summed E-state index contributed by atoms with van der Waals surface area (Å²) >= 11 is 0. The van der Waals surface area contributed by atoms with Crippen LogP contribution in [0.4, 0.5) is 17.1 Å². The average molecular weight is 203 g/mol. The first-order valence-corrected chi connectivity index (χ1v) is 4.68. The minimum absolute atomic E-state index is 0.0209. The Hall–Kier alpha value is -1.47. The highest BCUT2D eigenvalue weighted by Gasteiger charge is 2.16. The molecule has 0 aliphatic carbocycles. The van der Waals surface area contributed by atoms with Crippen molar-refractivity contribution in [3.63, 3.8) is 0 Å². The van der Waals surface area contributed by atoms with Gasteiger partial charge in [0.1, 0.15) is 4.90 Å². The van der Waals surface area contributed by atoms with Crippen LogP contribution in [0.3, 0.4) is 0 Å². The largest absolute Gasteiger partial charge is 0.399 e. The zero-order chi connectivity index (χ0) is 10.2. The van der Waals surface area contributed by atoms with E-state index in [1.807, 2.05) is 0 Å². The first kappa shape index (κ1) is 9.62. The third kappa shape index (κ3) is 1.82. The molecule has 0 amide bonds. The fourth-order valence-corrected chi connectivity index (χ4v) is 1.56. The van der Waals surface area contributed by atoms with E-state index in [-0.39, 0.29) is 17.1 Å². The fourth-order valence-electron chi connectivity index (χ4n) is 0.884. The molecule has 0 spiro atoms. The van der Waals surface area contributed by atoms with Crippen molar-refractivity contribution in [2.75, 3.05) is 17.2 Å². The number of anilines is 3. The van der Waals surface area contributed by atoms with Crippen LogP contribution in [0, 0.1) is 0 Å². The first-order valence-electron chi connectivity index (χ1n) is 3.24. The summed E-state index contributed by atoms with van der Waals surface area (Å²) in [6.07, 6.45) is 0. The minimum Gasteiger partial charge on any atom is -0.399 e. The topological polar surface area (TPSA) is 132 Å². The van der Waals surface area contributed by atoms with Gasteiger partial charge >= 0.3 is 0 Å². The summed E-state index contributed by atoms with van der Waals surface area (Å²) in [5.41, 5.74) is 15.9. The van der Waals surface area contributed by atoms with Crippen LogP contribution in [0.2, 0.25) is 0 Å². The van der Waals surface area contributed by atoms with Gasteiger partial charge in [-0.25, -0.2) is 0 Å². The molecule has 7 heteroatoms. The summed E-state index contributed by atoms with van der Waals surface area (Å²) in [6.45, 7) is 0. The van der Waals surface area contributed by atoms with Crippen molar-refractivity contribution in [3.05, 3.63) is 12.1 Å². The van der Waals surface area contributed by atoms with Crippen molar-refractivity contribution < 1.29 is 13.0 Å². The SMILES string of the molecule is Nc1cc(N)c(N)c(S(=O)(=O)O)c1. The molecule has 13 heavy (non-hydrogen) atoms. The molecule has 1 rings (SSSR count). The normalized spacial score (nSPS) is 11.5. The van der Waals surface area contributed by atoms with Gasteiger partial charge in [0, 0.05) is 5.69 Å². The highest BCUT2D eigenvalue weighted by molar-refractivity contribution is 7.86.